The number of amides is 1. The highest BCUT2D eigenvalue weighted by molar-refractivity contribution is 7.09. The summed E-state index contributed by atoms with van der Waals surface area (Å²) in [5, 5.41) is 5.53. The van der Waals surface area contributed by atoms with Gasteiger partial charge in [0, 0.05) is 17.6 Å². The molecule has 0 bridgehead atoms. The lowest BCUT2D eigenvalue weighted by Gasteiger charge is -2.19. The van der Waals surface area contributed by atoms with Crippen LogP contribution < -0.4 is 11.1 Å². The molecule has 0 radical (unpaired) electrons. The number of benzene rings is 1. The number of nitrogens with zero attached hydrogens (tertiary/aromatic N) is 1. The van der Waals surface area contributed by atoms with Crippen LogP contribution in [0.15, 0.2) is 23.6 Å². The summed E-state index contributed by atoms with van der Waals surface area (Å²) in [4.78, 5) is 16.4. The van der Waals surface area contributed by atoms with Gasteiger partial charge in [-0.2, -0.15) is 0 Å². The molecule has 3 rings (SSSR count). The number of anilines is 1. The van der Waals surface area contributed by atoms with Crippen molar-refractivity contribution in [1.29, 1.82) is 0 Å². The Morgan fingerprint density at radius 3 is 2.90 bits per heavy atom. The minimum absolute atomic E-state index is 0. The maximum absolute atomic E-state index is 12.2. The van der Waals surface area contributed by atoms with E-state index in [2.05, 4.69) is 16.4 Å². The maximum Gasteiger partial charge on any atom is 0.275 e. The third-order valence-corrected chi connectivity index (χ3v) is 4.47. The van der Waals surface area contributed by atoms with Crippen molar-refractivity contribution in [2.45, 2.75) is 32.2 Å². The molecule has 6 heteroatoms. The molecule has 2 aromatic rings. The van der Waals surface area contributed by atoms with E-state index in [0.717, 1.165) is 23.5 Å². The van der Waals surface area contributed by atoms with Crippen molar-refractivity contribution in [2.24, 2.45) is 5.73 Å². The molecule has 0 fully saturated rings. The van der Waals surface area contributed by atoms with Crippen LogP contribution in [-0.2, 0) is 19.4 Å². The number of rotatable bonds is 3. The quantitative estimate of drug-likeness (QED) is 0.911. The molecular weight excluding hydrogens is 306 g/mol. The second kappa shape index (κ2) is 7.02. The van der Waals surface area contributed by atoms with E-state index < -0.39 is 0 Å². The Bertz CT molecular complexity index is 642. The zero-order valence-electron chi connectivity index (χ0n) is 11.6. The van der Waals surface area contributed by atoms with Gasteiger partial charge in [-0.1, -0.05) is 12.1 Å². The monoisotopic (exact) mass is 323 g/mol. The summed E-state index contributed by atoms with van der Waals surface area (Å²) in [5.74, 6) is -0.153. The molecule has 0 spiro atoms. The third kappa shape index (κ3) is 3.43. The zero-order valence-corrected chi connectivity index (χ0v) is 13.2. The highest BCUT2D eigenvalue weighted by Crippen LogP contribution is 2.28. The lowest BCUT2D eigenvalue weighted by molar-refractivity contribution is 0.102. The lowest BCUT2D eigenvalue weighted by atomic mass is 9.90. The normalized spacial score (nSPS) is 13.2. The predicted molar refractivity (Wildman–Crippen MR) is 88.3 cm³/mol. The van der Waals surface area contributed by atoms with Crippen LogP contribution in [0.3, 0.4) is 0 Å². The van der Waals surface area contributed by atoms with E-state index in [1.807, 2.05) is 12.1 Å². The van der Waals surface area contributed by atoms with Gasteiger partial charge in [-0.15, -0.1) is 23.7 Å². The maximum atomic E-state index is 12.2. The van der Waals surface area contributed by atoms with Crippen LogP contribution in [-0.4, -0.2) is 10.9 Å². The number of fused-ring (bicyclic) bond motifs is 1. The summed E-state index contributed by atoms with van der Waals surface area (Å²) >= 11 is 1.42. The molecule has 1 aromatic heterocycles. The second-order valence-corrected chi connectivity index (χ2v) is 5.88. The molecule has 1 aliphatic rings. The average molecular weight is 324 g/mol. The van der Waals surface area contributed by atoms with Crippen molar-refractivity contribution in [3.8, 4) is 0 Å². The number of halogens is 1. The van der Waals surface area contributed by atoms with Crippen molar-refractivity contribution in [3.63, 3.8) is 0 Å². The number of nitrogens with one attached hydrogen (secondary N) is 1. The summed E-state index contributed by atoms with van der Waals surface area (Å²) in [5.41, 5.74) is 9.53. The van der Waals surface area contributed by atoms with Crippen LogP contribution in [0.4, 0.5) is 5.69 Å². The summed E-state index contributed by atoms with van der Waals surface area (Å²) in [7, 11) is 0. The number of thiazole rings is 1. The SMILES string of the molecule is Cl.NCc1nc(C(=O)Nc2cccc3c2CCCC3)cs1. The molecule has 1 aromatic carbocycles. The number of nitrogens with two attached hydrogens (primary N) is 1. The highest BCUT2D eigenvalue weighted by Gasteiger charge is 2.16. The predicted octanol–water partition coefficient (Wildman–Crippen LogP) is 3.15. The molecule has 0 aliphatic heterocycles. The Labute approximate surface area is 134 Å². The first-order chi connectivity index (χ1) is 9.78. The Hall–Kier alpha value is -1.43. The van der Waals surface area contributed by atoms with Crippen LogP contribution in [0.25, 0.3) is 0 Å². The Kier molecular flexibility index (Phi) is 5.33. The number of carbonyl (C=O) groups excluding carboxylic acids is 1. The first kappa shape index (κ1) is 15.9. The molecule has 1 heterocycles. The van der Waals surface area contributed by atoms with Gasteiger partial charge in [0.05, 0.1) is 0 Å². The van der Waals surface area contributed by atoms with Gasteiger partial charge in [0.25, 0.3) is 5.91 Å². The molecule has 0 saturated heterocycles. The summed E-state index contributed by atoms with van der Waals surface area (Å²) in [6.07, 6.45) is 4.56. The molecule has 1 amide bonds. The highest BCUT2D eigenvalue weighted by atomic mass is 35.5. The van der Waals surface area contributed by atoms with Crippen LogP contribution in [0, 0.1) is 0 Å². The molecular formula is C15H18ClN3OS. The van der Waals surface area contributed by atoms with Crippen molar-refractivity contribution in [1.82, 2.24) is 4.98 Å². The summed E-state index contributed by atoms with van der Waals surface area (Å²) < 4.78 is 0. The zero-order chi connectivity index (χ0) is 13.9. The number of carbonyl (C=O) groups is 1. The van der Waals surface area contributed by atoms with Gasteiger partial charge >= 0.3 is 0 Å². The first-order valence-electron chi connectivity index (χ1n) is 6.84. The number of hydrogen-bond acceptors (Lipinski definition) is 4. The molecule has 112 valence electrons. The van der Waals surface area contributed by atoms with Gasteiger partial charge in [-0.05, 0) is 42.9 Å². The number of hydrogen-bond donors (Lipinski definition) is 2. The van der Waals surface area contributed by atoms with Crippen LogP contribution in [0.1, 0.15) is 39.5 Å². The largest absolute Gasteiger partial charge is 0.325 e. The fraction of sp³-hybridized carbons (Fsp3) is 0.333. The standard InChI is InChI=1S/C15H17N3OS.ClH/c16-8-14-17-13(9-20-14)15(19)18-12-7-3-5-10-4-1-2-6-11(10)12;/h3,5,7,9H,1-2,4,6,8,16H2,(H,18,19);1H. The smallest absolute Gasteiger partial charge is 0.275 e. The Balaban J connectivity index is 0.00000161. The van der Waals surface area contributed by atoms with Crippen LogP contribution in [0.2, 0.25) is 0 Å². The van der Waals surface area contributed by atoms with Crippen LogP contribution >= 0.6 is 23.7 Å². The molecule has 0 atom stereocenters. The van der Waals surface area contributed by atoms with E-state index in [4.69, 9.17) is 5.73 Å². The van der Waals surface area contributed by atoms with Gasteiger partial charge < -0.3 is 11.1 Å². The van der Waals surface area contributed by atoms with Crippen molar-refractivity contribution < 1.29 is 4.79 Å². The summed E-state index contributed by atoms with van der Waals surface area (Å²) in [6, 6.07) is 6.13. The van der Waals surface area contributed by atoms with E-state index in [0.29, 0.717) is 12.2 Å². The van der Waals surface area contributed by atoms with E-state index >= 15 is 0 Å². The third-order valence-electron chi connectivity index (χ3n) is 3.60. The van der Waals surface area contributed by atoms with Gasteiger partial charge in [0.1, 0.15) is 10.7 Å². The Morgan fingerprint density at radius 2 is 2.14 bits per heavy atom. The lowest BCUT2D eigenvalue weighted by Crippen LogP contribution is -2.16. The minimum atomic E-state index is -0.153. The Morgan fingerprint density at radius 1 is 1.33 bits per heavy atom. The molecule has 1 aliphatic carbocycles. The number of aryl methyl sites for hydroxylation is 1. The average Bonchev–Trinajstić information content (AvgIpc) is 2.97. The van der Waals surface area contributed by atoms with Gasteiger partial charge in [-0.3, -0.25) is 4.79 Å². The van der Waals surface area contributed by atoms with E-state index in [1.54, 1.807) is 5.38 Å². The molecule has 0 saturated carbocycles. The second-order valence-electron chi connectivity index (χ2n) is 4.94. The van der Waals surface area contributed by atoms with Crippen molar-refractivity contribution in [3.05, 3.63) is 45.4 Å². The van der Waals surface area contributed by atoms with E-state index in [9.17, 15) is 4.79 Å². The van der Waals surface area contributed by atoms with Gasteiger partial charge in [0.15, 0.2) is 0 Å². The van der Waals surface area contributed by atoms with E-state index in [-0.39, 0.29) is 18.3 Å². The number of aromatic nitrogens is 1. The minimum Gasteiger partial charge on any atom is -0.325 e. The van der Waals surface area contributed by atoms with Crippen LogP contribution in [0.5, 0.6) is 0 Å². The first-order valence-corrected chi connectivity index (χ1v) is 7.72. The topological polar surface area (TPSA) is 68.0 Å². The van der Waals surface area contributed by atoms with Gasteiger partial charge in [-0.25, -0.2) is 4.98 Å². The molecule has 21 heavy (non-hydrogen) atoms. The summed E-state index contributed by atoms with van der Waals surface area (Å²) in [6.45, 7) is 0.374. The molecule has 4 nitrogen and oxygen atoms in total. The van der Waals surface area contributed by atoms with Crippen molar-refractivity contribution >= 4 is 35.3 Å². The molecule has 0 unspecified atom stereocenters. The fourth-order valence-corrected chi connectivity index (χ4v) is 3.25. The van der Waals surface area contributed by atoms with Gasteiger partial charge in [0.2, 0.25) is 0 Å². The van der Waals surface area contributed by atoms with E-state index in [1.165, 1.54) is 35.3 Å². The molecule has 3 N–H and O–H groups in total. The fourth-order valence-electron chi connectivity index (χ4n) is 2.59. The van der Waals surface area contributed by atoms with Crippen molar-refractivity contribution in [2.75, 3.05) is 5.32 Å².